The first-order valence-corrected chi connectivity index (χ1v) is 5.82. The first-order chi connectivity index (χ1) is 9.03. The molecule has 0 amide bonds. The minimum Gasteiger partial charge on any atom is -0.497 e. The van der Waals surface area contributed by atoms with Crippen LogP contribution < -0.4 is 14.8 Å². The molecule has 6 nitrogen and oxygen atoms in total. The molecule has 1 rings (SSSR count). The Morgan fingerprint density at radius 2 is 2.05 bits per heavy atom. The van der Waals surface area contributed by atoms with E-state index in [9.17, 15) is 9.90 Å². The number of carboxylic acids is 1. The van der Waals surface area contributed by atoms with E-state index >= 15 is 0 Å². The molecule has 3 N–H and O–H groups in total. The number of methoxy groups -OCH3 is 2. The quantitative estimate of drug-likeness (QED) is 0.678. The molecule has 19 heavy (non-hydrogen) atoms. The van der Waals surface area contributed by atoms with Gasteiger partial charge in [-0.05, 0) is 19.2 Å². The summed E-state index contributed by atoms with van der Waals surface area (Å²) in [6.07, 6.45) is -1.17. The second-order valence-electron chi connectivity index (χ2n) is 4.05. The van der Waals surface area contributed by atoms with E-state index < -0.39 is 18.1 Å². The van der Waals surface area contributed by atoms with Gasteiger partial charge in [0.2, 0.25) is 0 Å². The van der Waals surface area contributed by atoms with Gasteiger partial charge in [0, 0.05) is 17.7 Å². The number of hydrogen-bond donors (Lipinski definition) is 3. The monoisotopic (exact) mass is 269 g/mol. The van der Waals surface area contributed by atoms with Gasteiger partial charge in [-0.25, -0.2) is 0 Å². The molecule has 106 valence electrons. The maximum Gasteiger partial charge on any atom is 0.305 e. The average molecular weight is 269 g/mol. The van der Waals surface area contributed by atoms with Crippen molar-refractivity contribution in [3.8, 4) is 11.5 Å². The number of aliphatic hydroxyl groups excluding tert-OH is 1. The van der Waals surface area contributed by atoms with Crippen LogP contribution in [0.3, 0.4) is 0 Å². The highest BCUT2D eigenvalue weighted by Crippen LogP contribution is 2.31. The summed E-state index contributed by atoms with van der Waals surface area (Å²) in [5.41, 5.74) is 0.518. The van der Waals surface area contributed by atoms with Crippen molar-refractivity contribution in [1.29, 1.82) is 0 Å². The van der Waals surface area contributed by atoms with Crippen LogP contribution in [0.5, 0.6) is 11.5 Å². The maximum absolute atomic E-state index is 10.8. The molecule has 0 fully saturated rings. The zero-order chi connectivity index (χ0) is 14.4. The number of benzene rings is 1. The van der Waals surface area contributed by atoms with Crippen LogP contribution in [-0.4, -0.2) is 43.5 Å². The Morgan fingerprint density at radius 1 is 1.37 bits per heavy atom. The van der Waals surface area contributed by atoms with Gasteiger partial charge in [0.05, 0.1) is 26.7 Å². The second-order valence-corrected chi connectivity index (χ2v) is 4.05. The highest BCUT2D eigenvalue weighted by molar-refractivity contribution is 5.67. The smallest absolute Gasteiger partial charge is 0.305 e. The first-order valence-electron chi connectivity index (χ1n) is 5.82. The molecule has 0 bridgehead atoms. The molecule has 1 aromatic carbocycles. The van der Waals surface area contributed by atoms with E-state index in [4.69, 9.17) is 14.6 Å². The van der Waals surface area contributed by atoms with E-state index in [0.29, 0.717) is 17.1 Å². The van der Waals surface area contributed by atoms with Gasteiger partial charge in [0.25, 0.3) is 0 Å². The Hall–Kier alpha value is -1.79. The Labute approximate surface area is 112 Å². The third-order valence-electron chi connectivity index (χ3n) is 2.91. The Kier molecular flexibility index (Phi) is 5.59. The number of rotatable bonds is 7. The van der Waals surface area contributed by atoms with E-state index in [0.717, 1.165) is 0 Å². The molecular weight excluding hydrogens is 250 g/mol. The summed E-state index contributed by atoms with van der Waals surface area (Å²) in [5, 5.41) is 21.9. The van der Waals surface area contributed by atoms with Gasteiger partial charge in [-0.3, -0.25) is 4.79 Å². The molecule has 0 aliphatic heterocycles. The topological polar surface area (TPSA) is 88.0 Å². The summed E-state index contributed by atoms with van der Waals surface area (Å²) in [7, 11) is 4.62. The Balaban J connectivity index is 3.02. The van der Waals surface area contributed by atoms with Crippen LogP contribution in [0.2, 0.25) is 0 Å². The fourth-order valence-corrected chi connectivity index (χ4v) is 1.84. The molecule has 2 unspecified atom stereocenters. The van der Waals surface area contributed by atoms with Crippen molar-refractivity contribution in [3.63, 3.8) is 0 Å². The van der Waals surface area contributed by atoms with Crippen LogP contribution in [-0.2, 0) is 4.79 Å². The van der Waals surface area contributed by atoms with Crippen molar-refractivity contribution in [2.24, 2.45) is 0 Å². The van der Waals surface area contributed by atoms with Gasteiger partial charge in [0.1, 0.15) is 11.5 Å². The molecule has 2 atom stereocenters. The van der Waals surface area contributed by atoms with Gasteiger partial charge >= 0.3 is 5.97 Å². The number of carboxylic acid groups (broad SMARTS) is 1. The van der Waals surface area contributed by atoms with Crippen molar-refractivity contribution >= 4 is 5.97 Å². The molecule has 0 saturated carbocycles. The lowest BCUT2D eigenvalue weighted by molar-refractivity contribution is -0.138. The fourth-order valence-electron chi connectivity index (χ4n) is 1.84. The standard InChI is InChI=1S/C13H19NO5/c1-14-10(7-12(15)16)13(17)9-5-4-8(18-2)6-11(9)19-3/h4-6,10,13-14,17H,7H2,1-3H3,(H,15,16). The minimum atomic E-state index is -0.984. The summed E-state index contributed by atoms with van der Waals surface area (Å²) in [5.74, 6) is 0.0791. The molecule has 0 aromatic heterocycles. The minimum absolute atomic E-state index is 0.188. The van der Waals surface area contributed by atoms with Crippen molar-refractivity contribution in [3.05, 3.63) is 23.8 Å². The van der Waals surface area contributed by atoms with Gasteiger partial charge in [0.15, 0.2) is 0 Å². The maximum atomic E-state index is 10.8. The summed E-state index contributed by atoms with van der Waals surface area (Å²) < 4.78 is 10.3. The van der Waals surface area contributed by atoms with Gasteiger partial charge in [-0.1, -0.05) is 0 Å². The van der Waals surface area contributed by atoms with Crippen LogP contribution in [0, 0.1) is 0 Å². The molecule has 0 spiro atoms. The largest absolute Gasteiger partial charge is 0.497 e. The molecule has 0 aliphatic carbocycles. The lowest BCUT2D eigenvalue weighted by Crippen LogP contribution is -2.34. The van der Waals surface area contributed by atoms with E-state index in [-0.39, 0.29) is 6.42 Å². The summed E-state index contributed by atoms with van der Waals surface area (Å²) in [4.78, 5) is 10.8. The second kappa shape index (κ2) is 6.96. The van der Waals surface area contributed by atoms with E-state index in [2.05, 4.69) is 5.32 Å². The lowest BCUT2D eigenvalue weighted by Gasteiger charge is -2.23. The zero-order valence-electron chi connectivity index (χ0n) is 11.2. The van der Waals surface area contributed by atoms with Crippen LogP contribution in [0.1, 0.15) is 18.1 Å². The number of carbonyl (C=O) groups is 1. The molecule has 6 heteroatoms. The van der Waals surface area contributed by atoms with Crippen molar-refractivity contribution < 1.29 is 24.5 Å². The van der Waals surface area contributed by atoms with Crippen LogP contribution in [0.25, 0.3) is 0 Å². The number of likely N-dealkylation sites (N-methyl/N-ethyl adjacent to an activating group) is 1. The first kappa shape index (κ1) is 15.3. The van der Waals surface area contributed by atoms with E-state index in [1.54, 1.807) is 25.2 Å². The number of aliphatic hydroxyl groups is 1. The van der Waals surface area contributed by atoms with E-state index in [1.165, 1.54) is 14.2 Å². The number of ether oxygens (including phenoxy) is 2. The van der Waals surface area contributed by atoms with Gasteiger partial charge in [-0.15, -0.1) is 0 Å². The number of aliphatic carboxylic acids is 1. The SMILES string of the molecule is CNC(CC(=O)O)C(O)c1ccc(OC)cc1OC. The third-order valence-corrected chi connectivity index (χ3v) is 2.91. The highest BCUT2D eigenvalue weighted by Gasteiger charge is 2.24. The Bertz CT molecular complexity index is 435. The normalized spacial score (nSPS) is 13.7. The molecule has 0 saturated heterocycles. The predicted octanol–water partition coefficient (Wildman–Crippen LogP) is 0.800. The van der Waals surface area contributed by atoms with Crippen molar-refractivity contribution in [2.45, 2.75) is 18.6 Å². The zero-order valence-corrected chi connectivity index (χ0v) is 11.2. The van der Waals surface area contributed by atoms with Crippen LogP contribution >= 0.6 is 0 Å². The fraction of sp³-hybridized carbons (Fsp3) is 0.462. The highest BCUT2D eigenvalue weighted by atomic mass is 16.5. The summed E-state index contributed by atoms with van der Waals surface area (Å²) >= 11 is 0. The summed E-state index contributed by atoms with van der Waals surface area (Å²) in [6.45, 7) is 0. The van der Waals surface area contributed by atoms with Gasteiger partial charge < -0.3 is 25.0 Å². The van der Waals surface area contributed by atoms with Crippen molar-refractivity contribution in [1.82, 2.24) is 5.32 Å². The number of nitrogens with one attached hydrogen (secondary N) is 1. The molecule has 1 aromatic rings. The predicted molar refractivity (Wildman–Crippen MR) is 69.6 cm³/mol. The lowest BCUT2D eigenvalue weighted by atomic mass is 9.99. The van der Waals surface area contributed by atoms with Gasteiger partial charge in [-0.2, -0.15) is 0 Å². The molecule has 0 aliphatic rings. The molecule has 0 heterocycles. The molecule has 0 radical (unpaired) electrons. The van der Waals surface area contributed by atoms with Crippen LogP contribution in [0.15, 0.2) is 18.2 Å². The van der Waals surface area contributed by atoms with Crippen LogP contribution in [0.4, 0.5) is 0 Å². The van der Waals surface area contributed by atoms with Crippen molar-refractivity contribution in [2.75, 3.05) is 21.3 Å². The number of hydrogen-bond acceptors (Lipinski definition) is 5. The Morgan fingerprint density at radius 3 is 2.53 bits per heavy atom. The van der Waals surface area contributed by atoms with E-state index in [1.807, 2.05) is 0 Å². The third kappa shape index (κ3) is 3.84. The summed E-state index contributed by atoms with van der Waals surface area (Å²) in [6, 6.07) is 4.40. The average Bonchev–Trinajstić information content (AvgIpc) is 2.42. The molecular formula is C13H19NO5.